The van der Waals surface area contributed by atoms with E-state index in [0.29, 0.717) is 13.2 Å². The molecule has 1 aromatic carbocycles. The van der Waals surface area contributed by atoms with Gasteiger partial charge in [-0.3, -0.25) is 4.84 Å². The highest BCUT2D eigenvalue weighted by molar-refractivity contribution is 5.15. The molecule has 1 aromatic rings. The minimum atomic E-state index is -0.249. The number of aliphatic hydroxyl groups excluding tert-OH is 1. The van der Waals surface area contributed by atoms with Crippen molar-refractivity contribution in [3.63, 3.8) is 0 Å². The molecule has 2 fully saturated rings. The minimum Gasteiger partial charge on any atom is -0.394 e. The van der Waals surface area contributed by atoms with Crippen LogP contribution in [-0.2, 0) is 20.9 Å². The van der Waals surface area contributed by atoms with Gasteiger partial charge in [0.15, 0.2) is 0 Å². The molecular formula is C14H19NO4. The monoisotopic (exact) mass is 265 g/mol. The third-order valence-corrected chi connectivity index (χ3v) is 3.80. The summed E-state index contributed by atoms with van der Waals surface area (Å²) in [4.78, 5) is 5.75. The molecular weight excluding hydrogens is 246 g/mol. The van der Waals surface area contributed by atoms with Crippen LogP contribution in [0.1, 0.15) is 5.56 Å². The predicted octanol–water partition coefficient (Wildman–Crippen LogP) is 0.577. The first-order chi connectivity index (χ1) is 9.33. The molecule has 0 saturated carbocycles. The van der Waals surface area contributed by atoms with Crippen LogP contribution in [0.25, 0.3) is 0 Å². The summed E-state index contributed by atoms with van der Waals surface area (Å²) in [6, 6.07) is 10.1. The number of aliphatic hydroxyl groups is 1. The number of rotatable bonds is 4. The lowest BCUT2D eigenvalue weighted by molar-refractivity contribution is -0.246. The molecule has 5 nitrogen and oxygen atoms in total. The largest absolute Gasteiger partial charge is 0.394 e. The SMILES string of the molecule is CO[C@@H]1[C@@H]2[C@@H](CO)O[C@H]1CON2Cc1ccccc1. The molecule has 104 valence electrons. The van der Waals surface area contributed by atoms with Crippen LogP contribution >= 0.6 is 0 Å². The Balaban J connectivity index is 1.78. The van der Waals surface area contributed by atoms with Gasteiger partial charge < -0.3 is 14.6 Å². The topological polar surface area (TPSA) is 51.2 Å². The van der Waals surface area contributed by atoms with Crippen molar-refractivity contribution < 1.29 is 19.4 Å². The van der Waals surface area contributed by atoms with Crippen molar-refractivity contribution in [3.8, 4) is 0 Å². The number of hydrogen-bond acceptors (Lipinski definition) is 5. The smallest absolute Gasteiger partial charge is 0.111 e. The standard InChI is InChI=1S/C14H19NO4/c1-17-14-12-9-18-15(13(14)11(8-16)19-12)7-10-5-3-2-4-6-10/h2-6,11-14,16H,7-9H2,1H3/t11-,12+,13+,14+/m1/s1. The normalized spacial score (nSPS) is 34.6. The number of fused-ring (bicyclic) bond motifs is 2. The summed E-state index contributed by atoms with van der Waals surface area (Å²) < 4.78 is 11.3. The predicted molar refractivity (Wildman–Crippen MR) is 68.3 cm³/mol. The Morgan fingerprint density at radius 2 is 2.16 bits per heavy atom. The van der Waals surface area contributed by atoms with Gasteiger partial charge in [0.05, 0.1) is 19.3 Å². The van der Waals surface area contributed by atoms with E-state index >= 15 is 0 Å². The van der Waals surface area contributed by atoms with Gasteiger partial charge in [-0.15, -0.1) is 0 Å². The Labute approximate surface area is 112 Å². The number of methoxy groups -OCH3 is 1. The third kappa shape index (κ3) is 2.40. The van der Waals surface area contributed by atoms with Gasteiger partial charge in [0.25, 0.3) is 0 Å². The zero-order valence-electron chi connectivity index (χ0n) is 10.9. The summed E-state index contributed by atoms with van der Waals surface area (Å²) in [6.45, 7) is 1.12. The van der Waals surface area contributed by atoms with E-state index in [4.69, 9.17) is 14.3 Å². The van der Waals surface area contributed by atoms with Crippen molar-refractivity contribution in [3.05, 3.63) is 35.9 Å². The molecule has 0 amide bonds. The summed E-state index contributed by atoms with van der Waals surface area (Å²) in [5.41, 5.74) is 1.17. The van der Waals surface area contributed by atoms with Crippen LogP contribution in [0.5, 0.6) is 0 Å². The van der Waals surface area contributed by atoms with Crippen LogP contribution in [-0.4, -0.2) is 54.8 Å². The fourth-order valence-electron chi connectivity index (χ4n) is 2.91. The lowest BCUT2D eigenvalue weighted by atomic mass is 10.0. The van der Waals surface area contributed by atoms with E-state index in [1.54, 1.807) is 7.11 Å². The Morgan fingerprint density at radius 3 is 2.84 bits per heavy atom. The fourth-order valence-corrected chi connectivity index (χ4v) is 2.91. The van der Waals surface area contributed by atoms with Crippen LogP contribution in [0.15, 0.2) is 30.3 Å². The Bertz CT molecular complexity index is 413. The van der Waals surface area contributed by atoms with Gasteiger partial charge in [-0.05, 0) is 5.56 Å². The lowest BCUT2D eigenvalue weighted by Gasteiger charge is -2.37. The van der Waals surface area contributed by atoms with Gasteiger partial charge >= 0.3 is 0 Å². The number of benzene rings is 1. The van der Waals surface area contributed by atoms with E-state index < -0.39 is 0 Å². The molecule has 5 heteroatoms. The van der Waals surface area contributed by atoms with Crippen LogP contribution in [0.2, 0.25) is 0 Å². The molecule has 2 saturated heterocycles. The summed E-state index contributed by atoms with van der Waals surface area (Å²) in [5, 5.41) is 11.3. The van der Waals surface area contributed by atoms with Crippen LogP contribution in [0.4, 0.5) is 0 Å². The fraction of sp³-hybridized carbons (Fsp3) is 0.571. The molecule has 0 unspecified atom stereocenters. The average Bonchev–Trinajstić information content (AvgIpc) is 2.72. The Hall–Kier alpha value is -0.980. The highest BCUT2D eigenvalue weighted by Gasteiger charge is 2.51. The van der Waals surface area contributed by atoms with Crippen LogP contribution in [0.3, 0.4) is 0 Å². The second-order valence-electron chi connectivity index (χ2n) is 4.94. The van der Waals surface area contributed by atoms with Gasteiger partial charge in [-0.2, -0.15) is 5.06 Å². The molecule has 2 aliphatic heterocycles. The summed E-state index contributed by atoms with van der Waals surface area (Å²) >= 11 is 0. The molecule has 0 radical (unpaired) electrons. The molecule has 2 aliphatic rings. The maximum absolute atomic E-state index is 9.45. The van der Waals surface area contributed by atoms with Gasteiger partial charge in [-0.25, -0.2) is 0 Å². The summed E-state index contributed by atoms with van der Waals surface area (Å²) in [5.74, 6) is 0. The maximum atomic E-state index is 9.45. The number of nitrogens with zero attached hydrogens (tertiary/aromatic N) is 1. The second kappa shape index (κ2) is 5.56. The Kier molecular flexibility index (Phi) is 3.81. The number of ether oxygens (including phenoxy) is 2. The highest BCUT2D eigenvalue weighted by Crippen LogP contribution is 2.33. The van der Waals surface area contributed by atoms with Crippen molar-refractivity contribution >= 4 is 0 Å². The summed E-state index contributed by atoms with van der Waals surface area (Å²) in [6.07, 6.45) is -0.380. The number of hydroxylamine groups is 2. The first-order valence-corrected chi connectivity index (χ1v) is 6.56. The summed E-state index contributed by atoms with van der Waals surface area (Å²) in [7, 11) is 1.68. The van der Waals surface area contributed by atoms with Crippen LogP contribution in [0, 0.1) is 0 Å². The Morgan fingerprint density at radius 1 is 1.37 bits per heavy atom. The molecule has 0 spiro atoms. The maximum Gasteiger partial charge on any atom is 0.111 e. The minimum absolute atomic E-state index is 0.0182. The van der Waals surface area contributed by atoms with E-state index in [9.17, 15) is 5.11 Å². The van der Waals surface area contributed by atoms with Crippen LogP contribution < -0.4 is 0 Å². The second-order valence-corrected chi connectivity index (χ2v) is 4.94. The van der Waals surface area contributed by atoms with E-state index in [1.165, 1.54) is 5.56 Å². The molecule has 2 bridgehead atoms. The molecule has 1 N–H and O–H groups in total. The molecule has 4 atom stereocenters. The molecule has 19 heavy (non-hydrogen) atoms. The van der Waals surface area contributed by atoms with Crippen molar-refractivity contribution in [1.29, 1.82) is 0 Å². The molecule has 2 heterocycles. The average molecular weight is 265 g/mol. The van der Waals surface area contributed by atoms with E-state index in [0.717, 1.165) is 0 Å². The first-order valence-electron chi connectivity index (χ1n) is 6.56. The van der Waals surface area contributed by atoms with Crippen molar-refractivity contribution in [2.45, 2.75) is 30.9 Å². The lowest BCUT2D eigenvalue weighted by Crippen LogP contribution is -2.53. The van der Waals surface area contributed by atoms with Gasteiger partial charge in [0.2, 0.25) is 0 Å². The highest BCUT2D eigenvalue weighted by atomic mass is 16.7. The van der Waals surface area contributed by atoms with E-state index in [1.807, 2.05) is 23.3 Å². The van der Waals surface area contributed by atoms with Crippen molar-refractivity contribution in [2.75, 3.05) is 20.3 Å². The van der Waals surface area contributed by atoms with Gasteiger partial charge in [0.1, 0.15) is 18.3 Å². The van der Waals surface area contributed by atoms with E-state index in [2.05, 4.69) is 12.1 Å². The third-order valence-electron chi connectivity index (χ3n) is 3.80. The zero-order chi connectivity index (χ0) is 13.2. The molecule has 3 rings (SSSR count). The van der Waals surface area contributed by atoms with Gasteiger partial charge in [0, 0.05) is 13.7 Å². The molecule has 0 aliphatic carbocycles. The number of hydrogen-bond donors (Lipinski definition) is 1. The molecule has 0 aromatic heterocycles. The van der Waals surface area contributed by atoms with Gasteiger partial charge in [-0.1, -0.05) is 30.3 Å². The zero-order valence-corrected chi connectivity index (χ0v) is 10.9. The quantitative estimate of drug-likeness (QED) is 0.863. The first kappa shape index (κ1) is 13.0. The van der Waals surface area contributed by atoms with Crippen molar-refractivity contribution in [2.24, 2.45) is 0 Å². The van der Waals surface area contributed by atoms with Crippen molar-refractivity contribution in [1.82, 2.24) is 5.06 Å². The van der Waals surface area contributed by atoms with E-state index in [-0.39, 0.29) is 31.0 Å².